The maximum atomic E-state index is 9.66. The van der Waals surface area contributed by atoms with E-state index in [0.29, 0.717) is 5.92 Å². The molecule has 1 saturated carbocycles. The average Bonchev–Trinajstić information content (AvgIpc) is 2.17. The molecule has 0 unspecified atom stereocenters. The highest BCUT2D eigenvalue weighted by Gasteiger charge is 2.19. The molecule has 0 bridgehead atoms. The van der Waals surface area contributed by atoms with Gasteiger partial charge in [-0.2, -0.15) is 0 Å². The van der Waals surface area contributed by atoms with Crippen LogP contribution in [0.3, 0.4) is 0 Å². The molecular formula is C13H17BrO2. The number of aliphatic hydroxyl groups excluding tert-OH is 1. The summed E-state index contributed by atoms with van der Waals surface area (Å²) in [4.78, 5) is 0. The topological polar surface area (TPSA) is 29.5 Å². The van der Waals surface area contributed by atoms with Gasteiger partial charge >= 0.3 is 0 Å². The average molecular weight is 285 g/mol. The minimum Gasteiger partial charge on any atom is -0.493 e. The first-order chi connectivity index (χ1) is 7.66. The monoisotopic (exact) mass is 284 g/mol. The van der Waals surface area contributed by atoms with Gasteiger partial charge in [0.25, 0.3) is 0 Å². The Morgan fingerprint density at radius 2 is 2.25 bits per heavy atom. The number of hydrogen-bond donors (Lipinski definition) is 1. The van der Waals surface area contributed by atoms with Gasteiger partial charge in [0, 0.05) is 10.0 Å². The smallest absolute Gasteiger partial charge is 0.125 e. The zero-order valence-corrected chi connectivity index (χ0v) is 11.0. The lowest BCUT2D eigenvalue weighted by molar-refractivity contribution is 0.164. The fourth-order valence-corrected chi connectivity index (χ4v) is 2.22. The van der Waals surface area contributed by atoms with Crippen LogP contribution in [0.2, 0.25) is 0 Å². The lowest BCUT2D eigenvalue weighted by Gasteiger charge is -2.26. The third kappa shape index (κ3) is 2.77. The van der Waals surface area contributed by atoms with Crippen molar-refractivity contribution in [3.8, 4) is 5.75 Å². The Bertz CT molecular complexity index is 359. The lowest BCUT2D eigenvalue weighted by atomic mass is 9.86. The van der Waals surface area contributed by atoms with Crippen molar-refractivity contribution in [2.24, 2.45) is 5.92 Å². The number of benzene rings is 1. The van der Waals surface area contributed by atoms with Gasteiger partial charge in [0.15, 0.2) is 0 Å². The number of halogens is 1. The van der Waals surface area contributed by atoms with Gasteiger partial charge in [-0.05, 0) is 43.9 Å². The fourth-order valence-electron chi connectivity index (χ4n) is 1.84. The van der Waals surface area contributed by atoms with Crippen molar-refractivity contribution in [1.29, 1.82) is 0 Å². The molecule has 1 aromatic rings. The highest BCUT2D eigenvalue weighted by molar-refractivity contribution is 9.10. The molecule has 1 N–H and O–H groups in total. The van der Waals surface area contributed by atoms with Gasteiger partial charge in [0.05, 0.1) is 12.7 Å². The molecule has 0 aromatic heterocycles. The van der Waals surface area contributed by atoms with Crippen LogP contribution in [0.1, 0.15) is 37.9 Å². The predicted octanol–water partition coefficient (Wildman–Crippen LogP) is 3.68. The van der Waals surface area contributed by atoms with E-state index in [2.05, 4.69) is 15.9 Å². The Morgan fingerprint density at radius 3 is 2.81 bits per heavy atom. The predicted molar refractivity (Wildman–Crippen MR) is 67.6 cm³/mol. The molecule has 88 valence electrons. The third-order valence-electron chi connectivity index (χ3n) is 3.12. The molecule has 0 heterocycles. The van der Waals surface area contributed by atoms with E-state index < -0.39 is 6.10 Å². The molecule has 0 spiro atoms. The second-order valence-electron chi connectivity index (χ2n) is 4.47. The van der Waals surface area contributed by atoms with Crippen molar-refractivity contribution >= 4 is 15.9 Å². The summed E-state index contributed by atoms with van der Waals surface area (Å²) in [5, 5.41) is 9.66. The Balaban J connectivity index is 2.05. The van der Waals surface area contributed by atoms with E-state index in [1.54, 1.807) is 6.92 Å². The molecular weight excluding hydrogens is 268 g/mol. The van der Waals surface area contributed by atoms with Gasteiger partial charge in [0.2, 0.25) is 0 Å². The van der Waals surface area contributed by atoms with Crippen LogP contribution in [0, 0.1) is 5.92 Å². The van der Waals surface area contributed by atoms with Crippen molar-refractivity contribution in [1.82, 2.24) is 0 Å². The van der Waals surface area contributed by atoms with Crippen LogP contribution in [-0.4, -0.2) is 11.7 Å². The van der Waals surface area contributed by atoms with Crippen molar-refractivity contribution in [2.45, 2.75) is 32.3 Å². The largest absolute Gasteiger partial charge is 0.493 e. The van der Waals surface area contributed by atoms with Crippen LogP contribution < -0.4 is 4.74 Å². The van der Waals surface area contributed by atoms with Crippen LogP contribution in [-0.2, 0) is 0 Å². The second-order valence-corrected chi connectivity index (χ2v) is 5.38. The summed E-state index contributed by atoms with van der Waals surface area (Å²) in [5.41, 5.74) is 0.855. The molecule has 0 amide bonds. The third-order valence-corrected chi connectivity index (χ3v) is 3.61. The van der Waals surface area contributed by atoms with Crippen LogP contribution in [0.15, 0.2) is 22.7 Å². The maximum absolute atomic E-state index is 9.66. The Hall–Kier alpha value is -0.540. The molecule has 1 fully saturated rings. The fraction of sp³-hybridized carbons (Fsp3) is 0.538. The SMILES string of the molecule is C[C@@H](O)c1cc(Br)ccc1OCC1CCC1. The minimum absolute atomic E-state index is 0.492. The normalized spacial score (nSPS) is 17.9. The standard InChI is InChI=1S/C13H17BrO2/c1-9(15)12-7-11(14)5-6-13(12)16-8-10-3-2-4-10/h5-7,9-10,15H,2-4,8H2,1H3/t9-/m1/s1. The first-order valence-corrected chi connectivity index (χ1v) is 6.56. The first kappa shape index (κ1) is 11.9. The van der Waals surface area contributed by atoms with Gasteiger partial charge in [-0.3, -0.25) is 0 Å². The summed E-state index contributed by atoms with van der Waals surface area (Å²) < 4.78 is 6.75. The summed E-state index contributed by atoms with van der Waals surface area (Å²) in [6.45, 7) is 2.54. The molecule has 3 heteroatoms. The number of ether oxygens (including phenoxy) is 1. The minimum atomic E-state index is -0.492. The second kappa shape index (κ2) is 5.19. The van der Waals surface area contributed by atoms with Crippen LogP contribution in [0.25, 0.3) is 0 Å². The summed E-state index contributed by atoms with van der Waals surface area (Å²) in [5.74, 6) is 1.52. The van der Waals surface area contributed by atoms with E-state index >= 15 is 0 Å². The molecule has 0 radical (unpaired) electrons. The van der Waals surface area contributed by atoms with E-state index in [1.165, 1.54) is 19.3 Å². The Labute approximate surface area is 105 Å². The highest BCUT2D eigenvalue weighted by atomic mass is 79.9. The lowest BCUT2D eigenvalue weighted by Crippen LogP contribution is -2.19. The van der Waals surface area contributed by atoms with Crippen LogP contribution in [0.4, 0.5) is 0 Å². The van der Waals surface area contributed by atoms with E-state index in [1.807, 2.05) is 18.2 Å². The zero-order chi connectivity index (χ0) is 11.5. The Kier molecular flexibility index (Phi) is 3.87. The molecule has 1 aromatic carbocycles. The van der Waals surface area contributed by atoms with Gasteiger partial charge < -0.3 is 9.84 Å². The molecule has 2 nitrogen and oxygen atoms in total. The van der Waals surface area contributed by atoms with Crippen molar-refractivity contribution in [3.63, 3.8) is 0 Å². The van der Waals surface area contributed by atoms with Crippen molar-refractivity contribution < 1.29 is 9.84 Å². The number of hydrogen-bond acceptors (Lipinski definition) is 2. The van der Waals surface area contributed by atoms with Crippen molar-refractivity contribution in [3.05, 3.63) is 28.2 Å². The quantitative estimate of drug-likeness (QED) is 0.914. The molecule has 16 heavy (non-hydrogen) atoms. The molecule has 0 aliphatic heterocycles. The summed E-state index contributed by atoms with van der Waals surface area (Å²) in [7, 11) is 0. The summed E-state index contributed by atoms with van der Waals surface area (Å²) >= 11 is 3.40. The van der Waals surface area contributed by atoms with E-state index in [-0.39, 0.29) is 0 Å². The summed E-state index contributed by atoms with van der Waals surface area (Å²) in [6, 6.07) is 5.79. The first-order valence-electron chi connectivity index (χ1n) is 5.77. The zero-order valence-electron chi connectivity index (χ0n) is 9.45. The van der Waals surface area contributed by atoms with E-state index in [9.17, 15) is 5.11 Å². The molecule has 1 aliphatic carbocycles. The van der Waals surface area contributed by atoms with Gasteiger partial charge in [-0.25, -0.2) is 0 Å². The van der Waals surface area contributed by atoms with Crippen molar-refractivity contribution in [2.75, 3.05) is 6.61 Å². The molecule has 1 atom stereocenters. The molecule has 0 saturated heterocycles. The van der Waals surface area contributed by atoms with E-state index in [4.69, 9.17) is 4.74 Å². The van der Waals surface area contributed by atoms with Crippen LogP contribution >= 0.6 is 15.9 Å². The Morgan fingerprint density at radius 1 is 1.50 bits per heavy atom. The maximum Gasteiger partial charge on any atom is 0.125 e. The highest BCUT2D eigenvalue weighted by Crippen LogP contribution is 2.31. The number of rotatable bonds is 4. The van der Waals surface area contributed by atoms with Gasteiger partial charge in [-0.15, -0.1) is 0 Å². The molecule has 2 rings (SSSR count). The van der Waals surface area contributed by atoms with Gasteiger partial charge in [0.1, 0.15) is 5.75 Å². The summed E-state index contributed by atoms with van der Waals surface area (Å²) in [6.07, 6.45) is 3.40. The van der Waals surface area contributed by atoms with Crippen LogP contribution in [0.5, 0.6) is 5.75 Å². The van der Waals surface area contributed by atoms with E-state index in [0.717, 1.165) is 22.4 Å². The molecule has 1 aliphatic rings. The number of aliphatic hydroxyl groups is 1. The van der Waals surface area contributed by atoms with Gasteiger partial charge in [-0.1, -0.05) is 22.4 Å².